The lowest BCUT2D eigenvalue weighted by Gasteiger charge is -2.20. The molecule has 0 N–H and O–H groups in total. The van der Waals surface area contributed by atoms with Gasteiger partial charge < -0.3 is 9.47 Å². The molecule has 2 atom stereocenters. The zero-order valence-electron chi connectivity index (χ0n) is 11.3. The van der Waals surface area contributed by atoms with Crippen LogP contribution < -0.4 is 0 Å². The molecule has 2 unspecified atom stereocenters. The van der Waals surface area contributed by atoms with E-state index >= 15 is 0 Å². The smallest absolute Gasteiger partial charge is 0.320 e. The number of benzene rings is 1. The van der Waals surface area contributed by atoms with Crippen molar-refractivity contribution in [1.29, 1.82) is 0 Å². The van der Waals surface area contributed by atoms with Gasteiger partial charge in [-0.2, -0.15) is 0 Å². The first-order valence-electron chi connectivity index (χ1n) is 6.24. The summed E-state index contributed by atoms with van der Waals surface area (Å²) in [6, 6.07) is 6.77. The zero-order valence-corrected chi connectivity index (χ0v) is 13.6. The molecule has 0 radical (unpaired) electrons. The van der Waals surface area contributed by atoms with Crippen LogP contribution in [0.2, 0.25) is 5.02 Å². The van der Waals surface area contributed by atoms with Gasteiger partial charge in [0.05, 0.1) is 13.2 Å². The predicted molar refractivity (Wildman–Crippen MR) is 80.2 cm³/mol. The molecule has 0 bridgehead atoms. The summed E-state index contributed by atoms with van der Waals surface area (Å²) in [6.07, 6.45) is 0. The van der Waals surface area contributed by atoms with Crippen molar-refractivity contribution in [3.8, 4) is 0 Å². The summed E-state index contributed by atoms with van der Waals surface area (Å²) in [5, 5.41) is 0.486. The number of esters is 2. The summed E-state index contributed by atoms with van der Waals surface area (Å²) in [7, 11) is 0. The van der Waals surface area contributed by atoms with Gasteiger partial charge in [0.2, 0.25) is 0 Å². The molecule has 0 fully saturated rings. The van der Waals surface area contributed by atoms with Gasteiger partial charge in [0.25, 0.3) is 0 Å². The Bertz CT molecular complexity index is 478. The van der Waals surface area contributed by atoms with E-state index < -0.39 is 22.7 Å². The summed E-state index contributed by atoms with van der Waals surface area (Å²) in [4.78, 5) is 23.1. The van der Waals surface area contributed by atoms with Crippen molar-refractivity contribution in [2.45, 2.75) is 24.6 Å². The first-order chi connectivity index (χ1) is 9.51. The van der Waals surface area contributed by atoms with Gasteiger partial charge >= 0.3 is 11.9 Å². The first kappa shape index (κ1) is 17.0. The van der Waals surface area contributed by atoms with Crippen molar-refractivity contribution in [2.24, 2.45) is 0 Å². The van der Waals surface area contributed by atoms with E-state index in [4.69, 9.17) is 21.1 Å². The lowest BCUT2D eigenvalue weighted by molar-refractivity contribution is -0.150. The fourth-order valence-corrected chi connectivity index (χ4v) is 2.57. The van der Waals surface area contributed by atoms with Crippen LogP contribution in [0.1, 0.15) is 25.3 Å². The minimum absolute atomic E-state index is 0.235. The fraction of sp³-hybridized carbons (Fsp3) is 0.429. The van der Waals surface area contributed by atoms with Crippen LogP contribution in [0.3, 0.4) is 0 Å². The van der Waals surface area contributed by atoms with E-state index in [0.29, 0.717) is 10.6 Å². The maximum atomic E-state index is 12.1. The van der Waals surface area contributed by atoms with Crippen LogP contribution in [-0.4, -0.2) is 30.0 Å². The van der Waals surface area contributed by atoms with Gasteiger partial charge in [-0.25, -0.2) is 0 Å². The van der Waals surface area contributed by atoms with E-state index in [1.165, 1.54) is 0 Å². The second kappa shape index (κ2) is 8.27. The molecule has 4 nitrogen and oxygen atoms in total. The Morgan fingerprint density at radius 2 is 1.80 bits per heavy atom. The van der Waals surface area contributed by atoms with E-state index in [-0.39, 0.29) is 13.2 Å². The number of alkyl halides is 1. The van der Waals surface area contributed by atoms with Crippen molar-refractivity contribution in [2.75, 3.05) is 13.2 Å². The Hall–Kier alpha value is -1.07. The molecule has 0 amide bonds. The molecule has 0 aliphatic rings. The number of halogens is 2. The van der Waals surface area contributed by atoms with Gasteiger partial charge in [-0.1, -0.05) is 39.7 Å². The number of carbonyl (C=O) groups excluding carboxylic acids is 2. The Morgan fingerprint density at radius 1 is 1.20 bits per heavy atom. The van der Waals surface area contributed by atoms with Gasteiger partial charge in [0.1, 0.15) is 10.7 Å². The van der Waals surface area contributed by atoms with Crippen LogP contribution in [0.25, 0.3) is 0 Å². The molecule has 110 valence electrons. The molecule has 20 heavy (non-hydrogen) atoms. The molecule has 0 saturated heterocycles. The molecule has 1 aromatic carbocycles. The maximum absolute atomic E-state index is 12.1. The normalized spacial score (nSPS) is 13.4. The average Bonchev–Trinajstić information content (AvgIpc) is 2.39. The number of hydrogen-bond acceptors (Lipinski definition) is 4. The minimum Gasteiger partial charge on any atom is -0.465 e. The number of ether oxygens (including phenoxy) is 2. The topological polar surface area (TPSA) is 52.6 Å². The molecule has 0 aliphatic carbocycles. The molecule has 1 aromatic rings. The standard InChI is InChI=1S/C14H16BrClO4/c1-3-19-13(17)11(12(15)14(18)20-4-2)9-6-5-7-10(16)8-9/h5-8,11-12H,3-4H2,1-2H3. The maximum Gasteiger partial charge on any atom is 0.320 e. The van der Waals surface area contributed by atoms with E-state index in [0.717, 1.165) is 0 Å². The second-order valence-corrected chi connectivity index (χ2v) is 5.36. The second-order valence-electron chi connectivity index (χ2n) is 3.94. The minimum atomic E-state index is -0.819. The molecule has 0 aliphatic heterocycles. The quantitative estimate of drug-likeness (QED) is 0.575. The van der Waals surface area contributed by atoms with Crippen molar-refractivity contribution in [3.05, 3.63) is 34.9 Å². The van der Waals surface area contributed by atoms with Crippen molar-refractivity contribution in [3.63, 3.8) is 0 Å². The van der Waals surface area contributed by atoms with E-state index in [1.807, 2.05) is 0 Å². The average molecular weight is 364 g/mol. The number of rotatable bonds is 6. The highest BCUT2D eigenvalue weighted by Crippen LogP contribution is 2.29. The van der Waals surface area contributed by atoms with Crippen LogP contribution in [0.5, 0.6) is 0 Å². The third-order valence-electron chi connectivity index (χ3n) is 2.55. The molecule has 1 rings (SSSR count). The molecule has 0 spiro atoms. The highest BCUT2D eigenvalue weighted by Gasteiger charge is 2.35. The molecule has 6 heteroatoms. The molecule has 0 heterocycles. The van der Waals surface area contributed by atoms with Gasteiger partial charge in [-0.3, -0.25) is 9.59 Å². The molecular weight excluding hydrogens is 348 g/mol. The Kier molecular flexibility index (Phi) is 7.02. The highest BCUT2D eigenvalue weighted by atomic mass is 79.9. The summed E-state index contributed by atoms with van der Waals surface area (Å²) < 4.78 is 9.97. The van der Waals surface area contributed by atoms with Crippen LogP contribution in [-0.2, 0) is 19.1 Å². The number of hydrogen-bond donors (Lipinski definition) is 0. The lowest BCUT2D eigenvalue weighted by atomic mass is 9.95. The zero-order chi connectivity index (χ0) is 15.1. The highest BCUT2D eigenvalue weighted by molar-refractivity contribution is 9.10. The Morgan fingerprint density at radius 3 is 2.35 bits per heavy atom. The summed E-state index contributed by atoms with van der Waals surface area (Å²) >= 11 is 9.16. The van der Waals surface area contributed by atoms with Gasteiger partial charge in [-0.15, -0.1) is 0 Å². The van der Waals surface area contributed by atoms with Crippen molar-refractivity contribution >= 4 is 39.5 Å². The van der Waals surface area contributed by atoms with E-state index in [1.54, 1.807) is 38.1 Å². The lowest BCUT2D eigenvalue weighted by Crippen LogP contribution is -2.31. The van der Waals surface area contributed by atoms with E-state index in [2.05, 4.69) is 15.9 Å². The summed E-state index contributed by atoms with van der Waals surface area (Å²) in [5.41, 5.74) is 0.603. The third-order valence-corrected chi connectivity index (χ3v) is 3.69. The molecule has 0 aromatic heterocycles. The van der Waals surface area contributed by atoms with Gasteiger partial charge in [-0.05, 0) is 31.5 Å². The van der Waals surface area contributed by atoms with Crippen LogP contribution in [0.15, 0.2) is 24.3 Å². The van der Waals surface area contributed by atoms with Crippen molar-refractivity contribution < 1.29 is 19.1 Å². The largest absolute Gasteiger partial charge is 0.465 e. The van der Waals surface area contributed by atoms with E-state index in [9.17, 15) is 9.59 Å². The predicted octanol–water partition coefficient (Wildman–Crippen LogP) is 3.31. The molecular formula is C14H16BrClO4. The Labute approximate surface area is 131 Å². The monoisotopic (exact) mass is 362 g/mol. The third kappa shape index (κ3) is 4.49. The van der Waals surface area contributed by atoms with Gasteiger partial charge in [0, 0.05) is 5.02 Å². The fourth-order valence-electron chi connectivity index (χ4n) is 1.71. The van der Waals surface area contributed by atoms with Crippen LogP contribution in [0, 0.1) is 0 Å². The summed E-state index contributed by atoms with van der Waals surface area (Å²) in [5.74, 6) is -1.80. The van der Waals surface area contributed by atoms with Crippen molar-refractivity contribution in [1.82, 2.24) is 0 Å². The summed E-state index contributed by atoms with van der Waals surface area (Å²) in [6.45, 7) is 3.89. The SMILES string of the molecule is CCOC(=O)C(Br)C(C(=O)OCC)c1cccc(Cl)c1. The number of carbonyl (C=O) groups is 2. The van der Waals surface area contributed by atoms with Gasteiger partial charge in [0.15, 0.2) is 0 Å². The Balaban J connectivity index is 3.08. The molecule has 0 saturated carbocycles. The van der Waals surface area contributed by atoms with Crippen LogP contribution >= 0.6 is 27.5 Å². The first-order valence-corrected chi connectivity index (χ1v) is 7.53. The van der Waals surface area contributed by atoms with Crippen LogP contribution in [0.4, 0.5) is 0 Å².